The Labute approximate surface area is 164 Å². The molecule has 1 heterocycles. The van der Waals surface area contributed by atoms with Gasteiger partial charge in [-0.1, -0.05) is 18.2 Å². The summed E-state index contributed by atoms with van der Waals surface area (Å²) in [5.74, 6) is -0.184. The number of rotatable bonds is 5. The van der Waals surface area contributed by atoms with Crippen molar-refractivity contribution >= 4 is 11.7 Å². The number of nitrogen functional groups attached to an aromatic ring is 1. The molecule has 0 fully saturated rings. The lowest BCUT2D eigenvalue weighted by molar-refractivity contribution is -0.137. The number of alkyl halides is 3. The van der Waals surface area contributed by atoms with E-state index in [-0.39, 0.29) is 22.6 Å². The Bertz CT molecular complexity index is 1060. The van der Waals surface area contributed by atoms with Crippen LogP contribution in [-0.2, 0) is 19.6 Å². The minimum Gasteiger partial charge on any atom is -0.497 e. The van der Waals surface area contributed by atoms with Gasteiger partial charge in [-0.15, -0.1) is 0 Å². The summed E-state index contributed by atoms with van der Waals surface area (Å²) in [6.07, 6.45) is -4.23. The van der Waals surface area contributed by atoms with Crippen LogP contribution in [-0.4, -0.2) is 27.7 Å². The lowest BCUT2D eigenvalue weighted by Crippen LogP contribution is -2.08. The van der Waals surface area contributed by atoms with Gasteiger partial charge in [0.1, 0.15) is 11.6 Å². The van der Waals surface area contributed by atoms with E-state index in [2.05, 4.69) is 4.98 Å². The third kappa shape index (κ3) is 4.03. The summed E-state index contributed by atoms with van der Waals surface area (Å²) in [5.41, 5.74) is 5.65. The van der Waals surface area contributed by atoms with E-state index in [1.54, 1.807) is 26.3 Å². The minimum absolute atomic E-state index is 0.146. The zero-order valence-electron chi connectivity index (χ0n) is 15.6. The van der Waals surface area contributed by atoms with E-state index in [1.807, 2.05) is 12.1 Å². The van der Waals surface area contributed by atoms with Crippen LogP contribution in [0.25, 0.3) is 11.3 Å². The summed E-state index contributed by atoms with van der Waals surface area (Å²) >= 11 is 0. The van der Waals surface area contributed by atoms with Crippen LogP contribution in [0.5, 0.6) is 5.75 Å². The van der Waals surface area contributed by atoms with Gasteiger partial charge in [0, 0.05) is 24.7 Å². The van der Waals surface area contributed by atoms with Crippen molar-refractivity contribution in [1.82, 2.24) is 9.55 Å². The number of methoxy groups -OCH3 is 1. The van der Waals surface area contributed by atoms with Crippen LogP contribution < -0.4 is 10.5 Å². The average Bonchev–Trinajstić information content (AvgIpc) is 2.98. The number of ether oxygens (including phenoxy) is 1. The topological polar surface area (TPSA) is 90.4 Å². The number of hydrogen-bond donors (Lipinski definition) is 2. The van der Waals surface area contributed by atoms with Crippen molar-refractivity contribution in [3.05, 3.63) is 65.1 Å². The molecular weight excluding hydrogens is 387 g/mol. The van der Waals surface area contributed by atoms with Gasteiger partial charge in [-0.05, 0) is 29.8 Å². The standard InChI is InChI=1S/C20H18F3N3O3/c1-26-16(9-11-3-6-13(29-2)7-4-11)25-17(19(27)28)18(26)14-8-5-12(10-15(14)24)20(21,22)23/h3-8,10H,9,24H2,1-2H3,(H,27,28). The molecule has 0 aliphatic rings. The number of aromatic carboxylic acids is 1. The molecule has 0 spiro atoms. The molecule has 152 valence electrons. The van der Waals surface area contributed by atoms with Gasteiger partial charge in [0.25, 0.3) is 0 Å². The Morgan fingerprint density at radius 1 is 1.21 bits per heavy atom. The fourth-order valence-electron chi connectivity index (χ4n) is 3.04. The summed E-state index contributed by atoms with van der Waals surface area (Å²) < 4.78 is 45.4. The second-order valence-electron chi connectivity index (χ2n) is 6.41. The smallest absolute Gasteiger partial charge is 0.416 e. The molecule has 0 bridgehead atoms. The number of nitrogens with zero attached hydrogens (tertiary/aromatic N) is 2. The van der Waals surface area contributed by atoms with Crippen LogP contribution in [0.4, 0.5) is 18.9 Å². The van der Waals surface area contributed by atoms with Gasteiger partial charge in [-0.25, -0.2) is 9.78 Å². The third-order valence-electron chi connectivity index (χ3n) is 4.55. The maximum atomic E-state index is 12.9. The first kappa shape index (κ1) is 20.2. The quantitative estimate of drug-likeness (QED) is 0.627. The van der Waals surface area contributed by atoms with Crippen LogP contribution in [0.3, 0.4) is 0 Å². The monoisotopic (exact) mass is 405 g/mol. The molecule has 3 aromatic rings. The molecular formula is C20H18F3N3O3. The number of carbonyl (C=O) groups is 1. The Balaban J connectivity index is 2.06. The van der Waals surface area contributed by atoms with E-state index in [0.29, 0.717) is 18.0 Å². The number of hydrogen-bond acceptors (Lipinski definition) is 4. The Morgan fingerprint density at radius 3 is 2.38 bits per heavy atom. The maximum Gasteiger partial charge on any atom is 0.416 e. The number of carboxylic acids is 1. The zero-order valence-corrected chi connectivity index (χ0v) is 15.6. The van der Waals surface area contributed by atoms with Crippen LogP contribution >= 0.6 is 0 Å². The molecule has 29 heavy (non-hydrogen) atoms. The predicted molar refractivity (Wildman–Crippen MR) is 101 cm³/mol. The molecule has 3 N–H and O–H groups in total. The second-order valence-corrected chi connectivity index (χ2v) is 6.41. The fourth-order valence-corrected chi connectivity index (χ4v) is 3.04. The Hall–Kier alpha value is -3.49. The van der Waals surface area contributed by atoms with Crippen molar-refractivity contribution in [2.24, 2.45) is 7.05 Å². The van der Waals surface area contributed by atoms with Gasteiger partial charge in [0.05, 0.1) is 18.4 Å². The lowest BCUT2D eigenvalue weighted by Gasteiger charge is -2.12. The number of carboxylic acid groups (broad SMARTS) is 1. The largest absolute Gasteiger partial charge is 0.497 e. The molecule has 0 atom stereocenters. The molecule has 0 aliphatic carbocycles. The molecule has 0 amide bonds. The van der Waals surface area contributed by atoms with Gasteiger partial charge in [0.2, 0.25) is 0 Å². The number of anilines is 1. The number of benzene rings is 2. The highest BCUT2D eigenvalue weighted by Gasteiger charge is 2.32. The molecule has 0 saturated carbocycles. The molecule has 0 saturated heterocycles. The van der Waals surface area contributed by atoms with Crippen molar-refractivity contribution < 1.29 is 27.8 Å². The number of halogens is 3. The molecule has 2 aromatic carbocycles. The normalized spacial score (nSPS) is 11.5. The summed E-state index contributed by atoms with van der Waals surface area (Å²) in [4.78, 5) is 15.9. The maximum absolute atomic E-state index is 12.9. The van der Waals surface area contributed by atoms with Gasteiger partial charge in [0.15, 0.2) is 5.69 Å². The highest BCUT2D eigenvalue weighted by atomic mass is 19.4. The predicted octanol–water partition coefficient (Wildman–Crippen LogP) is 3.99. The summed E-state index contributed by atoms with van der Waals surface area (Å²) in [7, 11) is 3.15. The first-order valence-corrected chi connectivity index (χ1v) is 8.50. The fraction of sp³-hybridized carbons (Fsp3) is 0.200. The van der Waals surface area contributed by atoms with Crippen molar-refractivity contribution in [2.45, 2.75) is 12.6 Å². The van der Waals surface area contributed by atoms with E-state index < -0.39 is 17.7 Å². The minimum atomic E-state index is -4.55. The van der Waals surface area contributed by atoms with Crippen molar-refractivity contribution in [1.29, 1.82) is 0 Å². The SMILES string of the molecule is COc1ccc(Cc2nc(C(=O)O)c(-c3ccc(C(F)(F)F)cc3N)n2C)cc1. The van der Waals surface area contributed by atoms with Gasteiger partial charge < -0.3 is 20.1 Å². The Kier molecular flexibility index (Phi) is 5.23. The van der Waals surface area contributed by atoms with Crippen molar-refractivity contribution in [3.63, 3.8) is 0 Å². The lowest BCUT2D eigenvalue weighted by atomic mass is 10.0. The highest BCUT2D eigenvalue weighted by Crippen LogP contribution is 2.36. The van der Waals surface area contributed by atoms with Crippen LogP contribution in [0, 0.1) is 0 Å². The van der Waals surface area contributed by atoms with E-state index in [1.165, 1.54) is 10.6 Å². The molecule has 3 rings (SSSR count). The first-order valence-electron chi connectivity index (χ1n) is 8.50. The third-order valence-corrected chi connectivity index (χ3v) is 4.55. The molecule has 9 heteroatoms. The Morgan fingerprint density at radius 2 is 1.86 bits per heavy atom. The zero-order chi connectivity index (χ0) is 21.3. The van der Waals surface area contributed by atoms with Crippen molar-refractivity contribution in [2.75, 3.05) is 12.8 Å². The van der Waals surface area contributed by atoms with Gasteiger partial charge in [-0.3, -0.25) is 0 Å². The van der Waals surface area contributed by atoms with E-state index in [0.717, 1.165) is 17.7 Å². The average molecular weight is 405 g/mol. The highest BCUT2D eigenvalue weighted by molar-refractivity contribution is 5.95. The number of aromatic nitrogens is 2. The van der Waals surface area contributed by atoms with Gasteiger partial charge in [-0.2, -0.15) is 13.2 Å². The molecule has 0 aliphatic heterocycles. The molecule has 0 unspecified atom stereocenters. The molecule has 6 nitrogen and oxygen atoms in total. The van der Waals surface area contributed by atoms with Crippen LogP contribution in [0.2, 0.25) is 0 Å². The van der Waals surface area contributed by atoms with E-state index in [9.17, 15) is 23.1 Å². The number of imidazole rings is 1. The first-order chi connectivity index (χ1) is 13.6. The summed E-state index contributed by atoms with van der Waals surface area (Å²) in [6, 6.07) is 10.00. The second kappa shape index (κ2) is 7.50. The molecule has 1 aromatic heterocycles. The van der Waals surface area contributed by atoms with E-state index in [4.69, 9.17) is 10.5 Å². The van der Waals surface area contributed by atoms with Crippen LogP contribution in [0.1, 0.15) is 27.4 Å². The summed E-state index contributed by atoms with van der Waals surface area (Å²) in [5, 5.41) is 9.56. The number of nitrogens with two attached hydrogens (primary N) is 1. The van der Waals surface area contributed by atoms with Gasteiger partial charge >= 0.3 is 12.1 Å². The summed E-state index contributed by atoms with van der Waals surface area (Å²) in [6.45, 7) is 0. The van der Waals surface area contributed by atoms with Crippen molar-refractivity contribution in [3.8, 4) is 17.0 Å². The van der Waals surface area contributed by atoms with Crippen LogP contribution in [0.15, 0.2) is 42.5 Å². The van der Waals surface area contributed by atoms with E-state index >= 15 is 0 Å². The molecule has 0 radical (unpaired) electrons.